The van der Waals surface area contributed by atoms with E-state index in [-0.39, 0.29) is 5.92 Å². The predicted octanol–water partition coefficient (Wildman–Crippen LogP) is 5.08. The molecule has 1 N–H and O–H groups in total. The van der Waals surface area contributed by atoms with Crippen LogP contribution in [0.25, 0.3) is 0 Å². The predicted molar refractivity (Wildman–Crippen MR) is 89.1 cm³/mol. The molecule has 2 rings (SSSR count). The summed E-state index contributed by atoms with van der Waals surface area (Å²) in [7, 11) is 0. The Labute approximate surface area is 137 Å². The van der Waals surface area contributed by atoms with Crippen LogP contribution >= 0.6 is 39.1 Å². The maximum Gasteiger partial charge on any atom is 0.0657 e. The molecule has 2 aromatic carbocycles. The van der Waals surface area contributed by atoms with Crippen molar-refractivity contribution in [1.29, 1.82) is 0 Å². The van der Waals surface area contributed by atoms with Gasteiger partial charge in [-0.3, -0.25) is 0 Å². The average Bonchev–Trinajstić information content (AvgIpc) is 2.44. The summed E-state index contributed by atoms with van der Waals surface area (Å²) >= 11 is 15.2. The molecule has 0 aliphatic carbocycles. The topological polar surface area (TPSA) is 20.2 Å². The van der Waals surface area contributed by atoms with Gasteiger partial charge in [0.2, 0.25) is 0 Å². The van der Waals surface area contributed by atoms with Gasteiger partial charge >= 0.3 is 0 Å². The highest BCUT2D eigenvalue weighted by molar-refractivity contribution is 9.09. The smallest absolute Gasteiger partial charge is 0.0657 e. The second-order valence-corrected chi connectivity index (χ2v) is 6.23. The van der Waals surface area contributed by atoms with Gasteiger partial charge < -0.3 is 5.11 Å². The molecule has 0 bridgehead atoms. The van der Waals surface area contributed by atoms with Crippen molar-refractivity contribution in [1.82, 2.24) is 0 Å². The standard InChI is InChI=1S/C16H15BrCl2O/c17-10-15(12-3-7-14(19)8-4-12)16(20)9-11-1-5-13(18)6-2-11/h1-8,15-16,20H,9-10H2. The van der Waals surface area contributed by atoms with E-state index in [0.717, 1.165) is 11.1 Å². The highest BCUT2D eigenvalue weighted by Gasteiger charge is 2.20. The molecule has 0 aliphatic rings. The van der Waals surface area contributed by atoms with E-state index in [1.165, 1.54) is 0 Å². The van der Waals surface area contributed by atoms with E-state index in [1.807, 2.05) is 48.5 Å². The third kappa shape index (κ3) is 4.23. The Balaban J connectivity index is 2.10. The number of rotatable bonds is 5. The number of aliphatic hydroxyl groups is 1. The summed E-state index contributed by atoms with van der Waals surface area (Å²) in [5.74, 6) is 0.0305. The quantitative estimate of drug-likeness (QED) is 0.725. The lowest BCUT2D eigenvalue weighted by Gasteiger charge is -2.21. The Kier molecular flexibility index (Phi) is 5.91. The number of halogens is 3. The van der Waals surface area contributed by atoms with Crippen molar-refractivity contribution in [2.45, 2.75) is 18.4 Å². The largest absolute Gasteiger partial charge is 0.392 e. The van der Waals surface area contributed by atoms with Crippen LogP contribution in [0.5, 0.6) is 0 Å². The van der Waals surface area contributed by atoms with E-state index >= 15 is 0 Å². The van der Waals surface area contributed by atoms with Crippen molar-refractivity contribution in [2.75, 3.05) is 5.33 Å². The van der Waals surface area contributed by atoms with Crippen LogP contribution in [0.1, 0.15) is 17.0 Å². The van der Waals surface area contributed by atoms with Crippen LogP contribution in [-0.2, 0) is 6.42 Å². The first-order valence-electron chi connectivity index (χ1n) is 6.34. The molecule has 0 heterocycles. The molecule has 4 heteroatoms. The molecule has 0 aromatic heterocycles. The summed E-state index contributed by atoms with van der Waals surface area (Å²) in [6.07, 6.45) is 0.132. The number of hydrogen-bond donors (Lipinski definition) is 1. The van der Waals surface area contributed by atoms with E-state index < -0.39 is 6.10 Å². The SMILES string of the molecule is OC(Cc1ccc(Cl)cc1)C(CBr)c1ccc(Cl)cc1. The van der Waals surface area contributed by atoms with Gasteiger partial charge in [0.1, 0.15) is 0 Å². The molecular weight excluding hydrogens is 359 g/mol. The van der Waals surface area contributed by atoms with Crippen molar-refractivity contribution >= 4 is 39.1 Å². The summed E-state index contributed by atoms with van der Waals surface area (Å²) < 4.78 is 0. The van der Waals surface area contributed by atoms with Gasteiger partial charge in [0.15, 0.2) is 0 Å². The first-order valence-corrected chi connectivity index (χ1v) is 8.22. The molecule has 0 amide bonds. The van der Waals surface area contributed by atoms with Gasteiger partial charge in [-0.1, -0.05) is 63.4 Å². The fraction of sp³-hybridized carbons (Fsp3) is 0.250. The Morgan fingerprint density at radius 2 is 1.40 bits per heavy atom. The van der Waals surface area contributed by atoms with Crippen LogP contribution in [0.15, 0.2) is 48.5 Å². The lowest BCUT2D eigenvalue weighted by molar-refractivity contribution is 0.151. The molecule has 0 fully saturated rings. The van der Waals surface area contributed by atoms with Gasteiger partial charge in [0, 0.05) is 21.3 Å². The van der Waals surface area contributed by atoms with E-state index in [4.69, 9.17) is 23.2 Å². The summed E-state index contributed by atoms with van der Waals surface area (Å²) in [5.41, 5.74) is 2.15. The first kappa shape index (κ1) is 15.8. The summed E-state index contributed by atoms with van der Waals surface area (Å²) in [6.45, 7) is 0. The summed E-state index contributed by atoms with van der Waals surface area (Å²) in [4.78, 5) is 0. The summed E-state index contributed by atoms with van der Waals surface area (Å²) in [5, 5.41) is 12.6. The fourth-order valence-electron chi connectivity index (χ4n) is 2.13. The van der Waals surface area contributed by atoms with Gasteiger partial charge in [0.05, 0.1) is 6.10 Å². The molecule has 2 unspecified atom stereocenters. The van der Waals surface area contributed by atoms with E-state index in [0.29, 0.717) is 21.8 Å². The van der Waals surface area contributed by atoms with Crippen LogP contribution < -0.4 is 0 Å². The zero-order chi connectivity index (χ0) is 14.5. The molecule has 2 aromatic rings. The minimum absolute atomic E-state index is 0.0305. The van der Waals surface area contributed by atoms with Crippen LogP contribution in [-0.4, -0.2) is 16.5 Å². The van der Waals surface area contributed by atoms with Crippen molar-refractivity contribution in [3.05, 3.63) is 69.7 Å². The van der Waals surface area contributed by atoms with Gasteiger partial charge in [0.25, 0.3) is 0 Å². The van der Waals surface area contributed by atoms with Gasteiger partial charge in [-0.2, -0.15) is 0 Å². The van der Waals surface area contributed by atoms with Crippen molar-refractivity contribution in [2.24, 2.45) is 0 Å². The molecule has 1 nitrogen and oxygen atoms in total. The second-order valence-electron chi connectivity index (χ2n) is 4.71. The summed E-state index contributed by atoms with van der Waals surface area (Å²) in [6, 6.07) is 15.2. The molecule has 106 valence electrons. The number of aliphatic hydroxyl groups excluding tert-OH is 1. The molecular formula is C16H15BrCl2O. The molecule has 0 radical (unpaired) electrons. The van der Waals surface area contributed by atoms with Gasteiger partial charge in [-0.05, 0) is 41.8 Å². The molecule has 2 atom stereocenters. The van der Waals surface area contributed by atoms with Crippen LogP contribution in [0.3, 0.4) is 0 Å². The minimum atomic E-state index is -0.461. The van der Waals surface area contributed by atoms with E-state index in [2.05, 4.69) is 15.9 Å². The fourth-order valence-corrected chi connectivity index (χ4v) is 3.19. The number of benzene rings is 2. The van der Waals surface area contributed by atoms with E-state index in [9.17, 15) is 5.11 Å². The van der Waals surface area contributed by atoms with Gasteiger partial charge in [-0.15, -0.1) is 0 Å². The Hall–Kier alpha value is -0.540. The van der Waals surface area contributed by atoms with Crippen LogP contribution in [0, 0.1) is 0 Å². The molecule has 0 spiro atoms. The highest BCUT2D eigenvalue weighted by atomic mass is 79.9. The van der Waals surface area contributed by atoms with Crippen molar-refractivity contribution in [3.63, 3.8) is 0 Å². The Bertz CT molecular complexity index is 539. The zero-order valence-electron chi connectivity index (χ0n) is 10.8. The van der Waals surface area contributed by atoms with Crippen molar-refractivity contribution in [3.8, 4) is 0 Å². The third-order valence-electron chi connectivity index (χ3n) is 3.29. The monoisotopic (exact) mass is 372 g/mol. The normalized spacial score (nSPS) is 14.0. The average molecular weight is 374 g/mol. The van der Waals surface area contributed by atoms with Gasteiger partial charge in [-0.25, -0.2) is 0 Å². The van der Waals surface area contributed by atoms with Crippen molar-refractivity contribution < 1.29 is 5.11 Å². The first-order chi connectivity index (χ1) is 9.60. The Morgan fingerprint density at radius 1 is 0.900 bits per heavy atom. The second kappa shape index (κ2) is 7.46. The molecule has 0 aliphatic heterocycles. The number of hydrogen-bond acceptors (Lipinski definition) is 1. The molecule has 0 saturated heterocycles. The maximum atomic E-state index is 10.5. The van der Waals surface area contributed by atoms with E-state index in [1.54, 1.807) is 0 Å². The Morgan fingerprint density at radius 3 is 1.90 bits per heavy atom. The lowest BCUT2D eigenvalue weighted by atomic mass is 9.91. The number of alkyl halides is 1. The molecule has 0 saturated carbocycles. The van der Waals surface area contributed by atoms with Crippen LogP contribution in [0.2, 0.25) is 10.0 Å². The highest BCUT2D eigenvalue weighted by Crippen LogP contribution is 2.26. The minimum Gasteiger partial charge on any atom is -0.392 e. The van der Waals surface area contributed by atoms with Crippen LogP contribution in [0.4, 0.5) is 0 Å². The maximum absolute atomic E-state index is 10.5. The molecule has 20 heavy (non-hydrogen) atoms. The zero-order valence-corrected chi connectivity index (χ0v) is 13.9. The lowest BCUT2D eigenvalue weighted by Crippen LogP contribution is -2.22. The third-order valence-corrected chi connectivity index (χ3v) is 4.49.